The molecule has 2 aromatic rings. The highest BCUT2D eigenvalue weighted by Crippen LogP contribution is 2.41. The summed E-state index contributed by atoms with van der Waals surface area (Å²) in [6.45, 7) is 4.97. The maximum atomic E-state index is 13.6. The van der Waals surface area contributed by atoms with Crippen molar-refractivity contribution in [3.63, 3.8) is 0 Å². The molecule has 1 unspecified atom stereocenters. The Kier molecular flexibility index (Phi) is 6.44. The number of carbonyl (C=O) groups is 3. The van der Waals surface area contributed by atoms with Gasteiger partial charge in [0, 0.05) is 49.4 Å². The largest absolute Gasteiger partial charge is 0.493 e. The average molecular weight is 486 g/mol. The van der Waals surface area contributed by atoms with Crippen LogP contribution in [0.5, 0.6) is 11.5 Å². The first kappa shape index (κ1) is 24.2. The first-order chi connectivity index (χ1) is 16.1. The molecule has 3 heterocycles. The molecule has 34 heavy (non-hydrogen) atoms. The van der Waals surface area contributed by atoms with E-state index < -0.39 is 23.3 Å². The molecule has 2 aliphatic heterocycles. The van der Waals surface area contributed by atoms with Crippen molar-refractivity contribution in [2.24, 2.45) is 5.41 Å². The quantitative estimate of drug-likeness (QED) is 0.585. The Bertz CT molecular complexity index is 1120. The summed E-state index contributed by atoms with van der Waals surface area (Å²) in [5.41, 5.74) is 0.867. The maximum Gasteiger partial charge on any atom is 0.332 e. The first-order valence-electron chi connectivity index (χ1n) is 11.3. The number of fused-ring (bicyclic) bond motifs is 1. The van der Waals surface area contributed by atoms with Crippen LogP contribution in [0.25, 0.3) is 0 Å². The van der Waals surface area contributed by atoms with Crippen LogP contribution in [-0.4, -0.2) is 73.9 Å². The number of amides is 4. The van der Waals surface area contributed by atoms with Gasteiger partial charge < -0.3 is 9.47 Å². The number of imide groups is 2. The van der Waals surface area contributed by atoms with E-state index in [1.54, 1.807) is 25.6 Å². The molecule has 1 fully saturated rings. The molecule has 0 radical (unpaired) electrons. The minimum atomic E-state index is -1.38. The molecule has 9 heteroatoms. The zero-order valence-corrected chi connectivity index (χ0v) is 21.3. The number of benzene rings is 1. The fraction of sp³-hybridized carbons (Fsp3) is 0.480. The van der Waals surface area contributed by atoms with E-state index in [4.69, 9.17) is 9.47 Å². The lowest BCUT2D eigenvalue weighted by Gasteiger charge is -2.46. The van der Waals surface area contributed by atoms with Gasteiger partial charge in [-0.3, -0.25) is 24.3 Å². The van der Waals surface area contributed by atoms with Gasteiger partial charge in [0.15, 0.2) is 11.5 Å². The lowest BCUT2D eigenvalue weighted by molar-refractivity contribution is -0.159. The molecule has 0 saturated carbocycles. The maximum absolute atomic E-state index is 13.6. The molecule has 0 N–H and O–H groups in total. The van der Waals surface area contributed by atoms with Gasteiger partial charge in [-0.1, -0.05) is 0 Å². The number of thiophene rings is 1. The summed E-state index contributed by atoms with van der Waals surface area (Å²) < 4.78 is 11.0. The monoisotopic (exact) mass is 485 g/mol. The number of hydrogen-bond donors (Lipinski definition) is 0. The summed E-state index contributed by atoms with van der Waals surface area (Å²) in [7, 11) is 6.13. The number of ether oxygens (including phenoxy) is 2. The van der Waals surface area contributed by atoms with Gasteiger partial charge in [0.2, 0.25) is 11.8 Å². The van der Waals surface area contributed by atoms with Crippen LogP contribution in [0.2, 0.25) is 0 Å². The third kappa shape index (κ3) is 3.86. The minimum Gasteiger partial charge on any atom is -0.493 e. The van der Waals surface area contributed by atoms with Gasteiger partial charge in [0.05, 0.1) is 14.2 Å². The number of hydrogen-bond acceptors (Lipinski definition) is 7. The molecule has 4 rings (SSSR count). The van der Waals surface area contributed by atoms with Crippen molar-refractivity contribution in [1.82, 2.24) is 14.7 Å². The highest BCUT2D eigenvalue weighted by molar-refractivity contribution is 7.11. The van der Waals surface area contributed by atoms with E-state index in [1.807, 2.05) is 31.2 Å². The van der Waals surface area contributed by atoms with Crippen LogP contribution in [0.4, 0.5) is 4.79 Å². The second-order valence-corrected chi connectivity index (χ2v) is 10.5. The fourth-order valence-electron chi connectivity index (χ4n) is 5.11. The summed E-state index contributed by atoms with van der Waals surface area (Å²) in [6, 6.07) is 7.28. The number of barbiturate groups is 1. The molecule has 1 atom stereocenters. The van der Waals surface area contributed by atoms with Crippen LogP contribution in [0.1, 0.15) is 33.8 Å². The Morgan fingerprint density at radius 1 is 1.03 bits per heavy atom. The number of nitrogens with zero attached hydrogens (tertiary/aromatic N) is 3. The summed E-state index contributed by atoms with van der Waals surface area (Å²) >= 11 is 1.57. The molecule has 1 aromatic carbocycles. The lowest BCUT2D eigenvalue weighted by Crippen LogP contribution is -2.67. The Morgan fingerprint density at radius 3 is 2.21 bits per heavy atom. The summed E-state index contributed by atoms with van der Waals surface area (Å²) in [4.78, 5) is 46.2. The topological polar surface area (TPSA) is 79.4 Å². The van der Waals surface area contributed by atoms with E-state index in [0.717, 1.165) is 37.1 Å². The van der Waals surface area contributed by atoms with Crippen molar-refractivity contribution in [1.29, 1.82) is 0 Å². The Morgan fingerprint density at radius 2 is 1.65 bits per heavy atom. The van der Waals surface area contributed by atoms with E-state index in [-0.39, 0.29) is 19.0 Å². The summed E-state index contributed by atoms with van der Waals surface area (Å²) in [5, 5.41) is 0. The Labute approximate surface area is 204 Å². The Balaban J connectivity index is 1.73. The minimum absolute atomic E-state index is 0.0562. The van der Waals surface area contributed by atoms with Crippen LogP contribution in [0.3, 0.4) is 0 Å². The van der Waals surface area contributed by atoms with Gasteiger partial charge in [-0.05, 0) is 55.7 Å². The highest BCUT2D eigenvalue weighted by atomic mass is 32.1. The van der Waals surface area contributed by atoms with Crippen molar-refractivity contribution in [2.75, 3.05) is 41.4 Å². The molecular weight excluding hydrogens is 454 g/mol. The molecule has 1 aromatic heterocycles. The molecule has 182 valence electrons. The van der Waals surface area contributed by atoms with Crippen LogP contribution >= 0.6 is 11.3 Å². The molecule has 0 aliphatic carbocycles. The van der Waals surface area contributed by atoms with E-state index >= 15 is 0 Å². The van der Waals surface area contributed by atoms with Crippen molar-refractivity contribution >= 4 is 29.2 Å². The van der Waals surface area contributed by atoms with Crippen LogP contribution in [-0.2, 0) is 22.4 Å². The summed E-state index contributed by atoms with van der Waals surface area (Å²) in [5.74, 6) is 0.438. The van der Waals surface area contributed by atoms with Gasteiger partial charge >= 0.3 is 6.03 Å². The number of methoxy groups -OCH3 is 2. The third-order valence-corrected chi connectivity index (χ3v) is 8.06. The first-order valence-corrected chi connectivity index (χ1v) is 12.1. The zero-order chi connectivity index (χ0) is 24.8. The van der Waals surface area contributed by atoms with Gasteiger partial charge in [-0.25, -0.2) is 4.79 Å². The van der Waals surface area contributed by atoms with Gasteiger partial charge in [-0.15, -0.1) is 11.3 Å². The number of aryl methyl sites for hydroxylation is 1. The van der Waals surface area contributed by atoms with Crippen molar-refractivity contribution < 1.29 is 23.9 Å². The number of urea groups is 1. The molecule has 0 bridgehead atoms. The van der Waals surface area contributed by atoms with Gasteiger partial charge in [0.25, 0.3) is 0 Å². The second-order valence-electron chi connectivity index (χ2n) is 9.08. The highest BCUT2D eigenvalue weighted by Gasteiger charge is 2.56. The molecular formula is C25H31N3O5S. The zero-order valence-electron chi connectivity index (χ0n) is 20.5. The molecule has 0 spiro atoms. The number of rotatable bonds is 6. The molecule has 1 saturated heterocycles. The van der Waals surface area contributed by atoms with E-state index in [9.17, 15) is 14.4 Å². The van der Waals surface area contributed by atoms with E-state index in [0.29, 0.717) is 18.0 Å². The average Bonchev–Trinajstić information content (AvgIpc) is 3.25. The van der Waals surface area contributed by atoms with Gasteiger partial charge in [-0.2, -0.15) is 0 Å². The van der Waals surface area contributed by atoms with E-state index in [1.165, 1.54) is 14.1 Å². The summed E-state index contributed by atoms with van der Waals surface area (Å²) in [6.07, 6.45) is 1.01. The third-order valence-electron chi connectivity index (χ3n) is 7.06. The van der Waals surface area contributed by atoms with Crippen LogP contribution < -0.4 is 9.47 Å². The smallest absolute Gasteiger partial charge is 0.332 e. The van der Waals surface area contributed by atoms with Crippen molar-refractivity contribution in [3.05, 3.63) is 45.1 Å². The van der Waals surface area contributed by atoms with Crippen LogP contribution in [0.15, 0.2) is 24.3 Å². The number of carbonyl (C=O) groups excluding carboxylic acids is 3. The van der Waals surface area contributed by atoms with Crippen molar-refractivity contribution in [3.8, 4) is 11.5 Å². The molecule has 4 amide bonds. The van der Waals surface area contributed by atoms with Crippen molar-refractivity contribution in [2.45, 2.75) is 32.7 Å². The van der Waals surface area contributed by atoms with Crippen LogP contribution in [0, 0.1) is 12.3 Å². The predicted molar refractivity (Wildman–Crippen MR) is 129 cm³/mol. The molecule has 8 nitrogen and oxygen atoms in total. The Hall–Kier alpha value is -2.91. The predicted octanol–water partition coefficient (Wildman–Crippen LogP) is 3.27. The van der Waals surface area contributed by atoms with E-state index in [2.05, 4.69) is 11.8 Å². The lowest BCUT2D eigenvalue weighted by atomic mass is 9.77. The SMILES string of the molecule is COc1cc2c(cc1OC)C(C)N(CC1(Cc3ccc(C)s3)C(=O)N(C)C(=O)N(C)C1=O)CC2. The normalized spacial score (nSPS) is 20.5. The fourth-order valence-corrected chi connectivity index (χ4v) is 6.12. The van der Waals surface area contributed by atoms with Gasteiger partial charge in [0.1, 0.15) is 5.41 Å². The second kappa shape index (κ2) is 9.03. The molecule has 2 aliphatic rings. The standard InChI is InChI=1S/C25H31N3O5S/c1-15-7-8-18(34-15)13-25(22(29)26(3)24(31)27(4)23(25)30)14-28-10-9-17-11-20(32-5)21(33-6)12-19(17)16(28)2/h7-8,11-12,16H,9-10,13-14H2,1-6H3.